The van der Waals surface area contributed by atoms with Crippen LogP contribution in [-0.4, -0.2) is 35.3 Å². The molecule has 0 aliphatic rings. The molecule has 1 heterocycles. The number of rotatable bonds is 4. The number of nitrogens with one attached hydrogen (secondary N) is 1. The van der Waals surface area contributed by atoms with Crippen molar-refractivity contribution in [1.82, 2.24) is 9.78 Å². The summed E-state index contributed by atoms with van der Waals surface area (Å²) in [5.74, 6) is -0.664. The van der Waals surface area contributed by atoms with Crippen LogP contribution in [0.5, 0.6) is 0 Å². The summed E-state index contributed by atoms with van der Waals surface area (Å²) in [6.07, 6.45) is 0. The van der Waals surface area contributed by atoms with E-state index in [0.29, 0.717) is 5.69 Å². The van der Waals surface area contributed by atoms with Gasteiger partial charge in [-0.2, -0.15) is 8.42 Å². The Kier molecular flexibility index (Phi) is 6.15. The molecule has 0 unspecified atom stereocenters. The van der Waals surface area contributed by atoms with Gasteiger partial charge in [0.25, 0.3) is 15.7 Å². The minimum absolute atomic E-state index is 0. The number of hydrogen-bond acceptors (Lipinski definition) is 5. The van der Waals surface area contributed by atoms with Crippen LogP contribution >= 0.6 is 0 Å². The molecule has 8 nitrogen and oxygen atoms in total. The van der Waals surface area contributed by atoms with Crippen LogP contribution in [0.15, 0.2) is 40.0 Å². The van der Waals surface area contributed by atoms with Crippen molar-refractivity contribution in [1.29, 1.82) is 0 Å². The maximum atomic E-state index is 11.8. The second-order valence-electron chi connectivity index (χ2n) is 4.03. The molecular formula is C12H12N2NaO6S+. The van der Waals surface area contributed by atoms with E-state index in [1.54, 1.807) is 6.92 Å². The van der Waals surface area contributed by atoms with Crippen LogP contribution in [0.1, 0.15) is 17.4 Å². The molecule has 1 aromatic heterocycles. The molecule has 0 aliphatic carbocycles. The molecule has 22 heavy (non-hydrogen) atoms. The van der Waals surface area contributed by atoms with Crippen molar-refractivity contribution < 1.29 is 52.1 Å². The quantitative estimate of drug-likeness (QED) is 0.365. The SMILES string of the molecule is CCOC(=O)c1cc(=O)n(-c2ccc(S(=O)(=O)O)cc2)[nH]1.[Na+]. The van der Waals surface area contributed by atoms with Crippen molar-refractivity contribution in [3.63, 3.8) is 0 Å². The molecule has 0 saturated heterocycles. The molecule has 0 spiro atoms. The molecule has 0 aliphatic heterocycles. The third kappa shape index (κ3) is 4.08. The summed E-state index contributed by atoms with van der Waals surface area (Å²) < 4.78 is 36.6. The average Bonchev–Trinajstić information content (AvgIpc) is 2.80. The summed E-state index contributed by atoms with van der Waals surface area (Å²) in [6, 6.07) is 5.99. The van der Waals surface area contributed by atoms with Crippen molar-refractivity contribution in [3.8, 4) is 5.69 Å². The van der Waals surface area contributed by atoms with Crippen LogP contribution in [0.4, 0.5) is 0 Å². The molecule has 10 heteroatoms. The predicted molar refractivity (Wildman–Crippen MR) is 72.2 cm³/mol. The predicted octanol–water partition coefficient (Wildman–Crippen LogP) is -2.41. The number of aromatic amines is 1. The summed E-state index contributed by atoms with van der Waals surface area (Å²) in [7, 11) is -4.30. The van der Waals surface area contributed by atoms with E-state index in [-0.39, 0.29) is 46.8 Å². The van der Waals surface area contributed by atoms with Crippen molar-refractivity contribution >= 4 is 16.1 Å². The van der Waals surface area contributed by atoms with Crippen molar-refractivity contribution in [2.45, 2.75) is 11.8 Å². The van der Waals surface area contributed by atoms with Gasteiger partial charge in [-0.25, -0.2) is 9.48 Å². The van der Waals surface area contributed by atoms with Gasteiger partial charge in [0.05, 0.1) is 17.2 Å². The Morgan fingerprint density at radius 2 is 1.91 bits per heavy atom. The molecule has 0 saturated carbocycles. The number of H-pyrrole nitrogens is 1. The van der Waals surface area contributed by atoms with Gasteiger partial charge in [0.15, 0.2) is 0 Å². The Hall–Kier alpha value is -1.39. The fourth-order valence-electron chi connectivity index (χ4n) is 1.67. The van der Waals surface area contributed by atoms with Gasteiger partial charge in [-0.3, -0.25) is 14.4 Å². The van der Waals surface area contributed by atoms with Crippen molar-refractivity contribution in [3.05, 3.63) is 46.4 Å². The maximum absolute atomic E-state index is 11.8. The van der Waals surface area contributed by atoms with Gasteiger partial charge in [-0.1, -0.05) is 0 Å². The zero-order chi connectivity index (χ0) is 15.6. The zero-order valence-corrected chi connectivity index (χ0v) is 14.8. The fraction of sp³-hybridized carbons (Fsp3) is 0.167. The van der Waals surface area contributed by atoms with Gasteiger partial charge in [-0.15, -0.1) is 0 Å². The van der Waals surface area contributed by atoms with E-state index in [1.165, 1.54) is 12.1 Å². The number of nitrogens with zero attached hydrogens (tertiary/aromatic N) is 1. The Balaban J connectivity index is 0.00000242. The second kappa shape index (κ2) is 7.25. The Labute approximate surface area is 148 Å². The first kappa shape index (κ1) is 18.7. The van der Waals surface area contributed by atoms with Gasteiger partial charge in [-0.05, 0) is 31.2 Å². The van der Waals surface area contributed by atoms with E-state index in [4.69, 9.17) is 9.29 Å². The fourth-order valence-corrected chi connectivity index (χ4v) is 2.15. The van der Waals surface area contributed by atoms with Gasteiger partial charge in [0.2, 0.25) is 0 Å². The Morgan fingerprint density at radius 3 is 2.41 bits per heavy atom. The van der Waals surface area contributed by atoms with E-state index in [9.17, 15) is 18.0 Å². The third-order valence-electron chi connectivity index (χ3n) is 2.61. The summed E-state index contributed by atoms with van der Waals surface area (Å²) in [5, 5.41) is 2.56. The van der Waals surface area contributed by atoms with E-state index in [0.717, 1.165) is 22.9 Å². The van der Waals surface area contributed by atoms with E-state index in [1.807, 2.05) is 0 Å². The molecule has 2 aromatic rings. The van der Waals surface area contributed by atoms with E-state index in [2.05, 4.69) is 5.10 Å². The minimum Gasteiger partial charge on any atom is -0.461 e. The van der Waals surface area contributed by atoms with Crippen LogP contribution in [0, 0.1) is 0 Å². The first-order chi connectivity index (χ1) is 9.82. The molecule has 2 N–H and O–H groups in total. The molecule has 112 valence electrons. The first-order valence-electron chi connectivity index (χ1n) is 5.90. The molecular weight excluding hydrogens is 323 g/mol. The molecule has 2 rings (SSSR count). The summed E-state index contributed by atoms with van der Waals surface area (Å²) >= 11 is 0. The van der Waals surface area contributed by atoms with Crippen molar-refractivity contribution in [2.75, 3.05) is 6.61 Å². The van der Waals surface area contributed by atoms with Crippen LogP contribution in [0.2, 0.25) is 0 Å². The molecule has 0 atom stereocenters. The Bertz CT molecular complexity index is 822. The zero-order valence-electron chi connectivity index (χ0n) is 11.9. The van der Waals surface area contributed by atoms with Crippen LogP contribution in [0.25, 0.3) is 5.69 Å². The number of esters is 1. The summed E-state index contributed by atoms with van der Waals surface area (Å²) in [6.45, 7) is 1.82. The Morgan fingerprint density at radius 1 is 1.32 bits per heavy atom. The van der Waals surface area contributed by atoms with E-state index < -0.39 is 21.6 Å². The number of benzene rings is 1. The minimum atomic E-state index is -4.30. The van der Waals surface area contributed by atoms with Gasteiger partial charge < -0.3 is 4.74 Å². The number of hydrogen-bond donors (Lipinski definition) is 2. The van der Waals surface area contributed by atoms with Gasteiger partial charge in [0.1, 0.15) is 5.69 Å². The average molecular weight is 335 g/mol. The van der Waals surface area contributed by atoms with Crippen LogP contribution < -0.4 is 35.1 Å². The van der Waals surface area contributed by atoms with Crippen molar-refractivity contribution in [2.24, 2.45) is 0 Å². The largest absolute Gasteiger partial charge is 1.00 e. The number of carbonyl (C=O) groups is 1. The second-order valence-corrected chi connectivity index (χ2v) is 5.45. The number of carbonyl (C=O) groups excluding carboxylic acids is 1. The molecule has 0 fully saturated rings. The maximum Gasteiger partial charge on any atom is 1.00 e. The van der Waals surface area contributed by atoms with Crippen LogP contribution in [0.3, 0.4) is 0 Å². The third-order valence-corrected chi connectivity index (χ3v) is 3.48. The smallest absolute Gasteiger partial charge is 0.461 e. The number of ether oxygens (including phenoxy) is 1. The molecule has 0 radical (unpaired) electrons. The monoisotopic (exact) mass is 335 g/mol. The van der Waals surface area contributed by atoms with E-state index >= 15 is 0 Å². The summed E-state index contributed by atoms with van der Waals surface area (Å²) in [4.78, 5) is 23.0. The van der Waals surface area contributed by atoms with Gasteiger partial charge in [0, 0.05) is 6.07 Å². The first-order valence-corrected chi connectivity index (χ1v) is 7.34. The number of aromatic nitrogens is 2. The molecule has 0 amide bonds. The normalized spacial score (nSPS) is 10.8. The topological polar surface area (TPSA) is 118 Å². The molecule has 0 bridgehead atoms. The summed E-state index contributed by atoms with van der Waals surface area (Å²) in [5.41, 5.74) is -0.207. The standard InChI is InChI=1S/C12H12N2O6S.Na/c1-2-20-12(16)10-7-11(15)14(13-10)8-3-5-9(6-4-8)21(17,18)19;/h3-7,13H,2H2,1H3,(H,17,18,19);/q;+1. The molecule has 1 aromatic carbocycles. The van der Waals surface area contributed by atoms with Gasteiger partial charge >= 0.3 is 35.5 Å². The van der Waals surface area contributed by atoms with Crippen LogP contribution in [-0.2, 0) is 14.9 Å².